The van der Waals surface area contributed by atoms with Gasteiger partial charge in [-0.25, -0.2) is 0 Å². The molecule has 1 aromatic rings. The molecule has 1 aliphatic rings. The summed E-state index contributed by atoms with van der Waals surface area (Å²) in [5.74, 6) is 0.610. The number of benzene rings is 1. The lowest BCUT2D eigenvalue weighted by molar-refractivity contribution is 0.677. The van der Waals surface area contributed by atoms with Gasteiger partial charge in [-0.3, -0.25) is 0 Å². The number of hydrogen-bond acceptors (Lipinski definition) is 1. The van der Waals surface area contributed by atoms with Gasteiger partial charge in [-0.15, -0.1) is 0 Å². The molecular formula is C13H17N. The molecule has 1 N–H and O–H groups in total. The molecule has 0 aliphatic carbocycles. The molecule has 14 heavy (non-hydrogen) atoms. The van der Waals surface area contributed by atoms with Gasteiger partial charge >= 0.3 is 0 Å². The Kier molecular flexibility index (Phi) is 2.32. The van der Waals surface area contributed by atoms with Gasteiger partial charge in [-0.1, -0.05) is 32.0 Å². The van der Waals surface area contributed by atoms with Crippen LogP contribution in [0.1, 0.15) is 49.4 Å². The molecule has 1 heterocycles. The van der Waals surface area contributed by atoms with Gasteiger partial charge in [0.05, 0.1) is 0 Å². The summed E-state index contributed by atoms with van der Waals surface area (Å²) in [6.45, 7) is 6.66. The minimum absolute atomic E-state index is 0.441. The second-order valence-corrected chi connectivity index (χ2v) is 4.26. The minimum Gasteiger partial charge on any atom is -0.384 e. The van der Waals surface area contributed by atoms with Crippen LogP contribution in [-0.4, -0.2) is 0 Å². The lowest BCUT2D eigenvalue weighted by Crippen LogP contribution is -2.16. The molecule has 0 saturated heterocycles. The summed E-state index contributed by atoms with van der Waals surface area (Å²) in [7, 11) is 0. The molecular weight excluding hydrogens is 170 g/mol. The van der Waals surface area contributed by atoms with Gasteiger partial charge in [0.1, 0.15) is 0 Å². The van der Waals surface area contributed by atoms with Gasteiger partial charge in [0.15, 0.2) is 0 Å². The first-order valence-electron chi connectivity index (χ1n) is 5.25. The molecule has 1 nitrogen and oxygen atoms in total. The Morgan fingerprint density at radius 3 is 2.79 bits per heavy atom. The highest BCUT2D eigenvalue weighted by atomic mass is 14.9. The number of nitrogens with one attached hydrogen (secondary N) is 1. The average Bonchev–Trinajstić information content (AvgIpc) is 2.17. The van der Waals surface area contributed by atoms with Crippen LogP contribution in [0.4, 0.5) is 0 Å². The predicted molar refractivity (Wildman–Crippen MR) is 61.1 cm³/mol. The molecule has 1 atom stereocenters. The van der Waals surface area contributed by atoms with Crippen LogP contribution in [0.2, 0.25) is 0 Å². The molecule has 1 aromatic carbocycles. The van der Waals surface area contributed by atoms with E-state index in [1.807, 2.05) is 6.20 Å². The third kappa shape index (κ3) is 1.54. The lowest BCUT2D eigenvalue weighted by atomic mass is 9.93. The normalized spacial score (nSPS) is 19.3. The fourth-order valence-electron chi connectivity index (χ4n) is 1.86. The van der Waals surface area contributed by atoms with Crippen molar-refractivity contribution in [3.8, 4) is 0 Å². The van der Waals surface area contributed by atoms with E-state index >= 15 is 0 Å². The maximum Gasteiger partial charge on any atom is 0.0486 e. The lowest BCUT2D eigenvalue weighted by Gasteiger charge is -2.21. The van der Waals surface area contributed by atoms with Crippen LogP contribution >= 0.6 is 0 Å². The average molecular weight is 187 g/mol. The highest BCUT2D eigenvalue weighted by Crippen LogP contribution is 2.26. The van der Waals surface area contributed by atoms with Gasteiger partial charge < -0.3 is 5.32 Å². The van der Waals surface area contributed by atoms with Crippen LogP contribution < -0.4 is 5.32 Å². The van der Waals surface area contributed by atoms with Crippen molar-refractivity contribution in [2.24, 2.45) is 0 Å². The number of hydrogen-bond donors (Lipinski definition) is 1. The van der Waals surface area contributed by atoms with E-state index in [9.17, 15) is 0 Å². The zero-order valence-corrected chi connectivity index (χ0v) is 9.04. The zero-order valence-electron chi connectivity index (χ0n) is 9.04. The molecule has 0 fully saturated rings. The van der Waals surface area contributed by atoms with Gasteiger partial charge in [-0.05, 0) is 41.8 Å². The third-order valence-electron chi connectivity index (χ3n) is 2.85. The van der Waals surface area contributed by atoms with Crippen LogP contribution in [0.25, 0.3) is 6.08 Å². The second kappa shape index (κ2) is 3.49. The van der Waals surface area contributed by atoms with Crippen molar-refractivity contribution >= 4 is 6.08 Å². The largest absolute Gasteiger partial charge is 0.384 e. The summed E-state index contributed by atoms with van der Waals surface area (Å²) in [4.78, 5) is 0. The molecule has 1 heteroatoms. The molecule has 0 spiro atoms. The smallest absolute Gasteiger partial charge is 0.0486 e. The van der Waals surface area contributed by atoms with Crippen molar-refractivity contribution in [3.05, 3.63) is 41.1 Å². The van der Waals surface area contributed by atoms with Crippen molar-refractivity contribution in [1.82, 2.24) is 5.32 Å². The maximum absolute atomic E-state index is 3.31. The SMILES string of the molecule is CC(C)c1ccc2c(c1)C=CNC2C. The van der Waals surface area contributed by atoms with Gasteiger partial charge in [0.2, 0.25) is 0 Å². The maximum atomic E-state index is 3.31. The van der Waals surface area contributed by atoms with Gasteiger partial charge in [0, 0.05) is 6.04 Å². The van der Waals surface area contributed by atoms with Crippen LogP contribution in [0, 0.1) is 0 Å². The molecule has 1 aliphatic heterocycles. The fraction of sp³-hybridized carbons (Fsp3) is 0.385. The number of fused-ring (bicyclic) bond motifs is 1. The van der Waals surface area contributed by atoms with E-state index in [0.29, 0.717) is 12.0 Å². The monoisotopic (exact) mass is 187 g/mol. The van der Waals surface area contributed by atoms with E-state index in [1.54, 1.807) is 0 Å². The summed E-state index contributed by atoms with van der Waals surface area (Å²) in [5.41, 5.74) is 4.18. The predicted octanol–water partition coefficient (Wildman–Crippen LogP) is 3.44. The molecule has 0 saturated carbocycles. The number of rotatable bonds is 1. The van der Waals surface area contributed by atoms with E-state index in [-0.39, 0.29) is 0 Å². The Labute approximate surface area is 85.8 Å². The molecule has 1 unspecified atom stereocenters. The second-order valence-electron chi connectivity index (χ2n) is 4.26. The third-order valence-corrected chi connectivity index (χ3v) is 2.85. The van der Waals surface area contributed by atoms with E-state index in [4.69, 9.17) is 0 Å². The quantitative estimate of drug-likeness (QED) is 0.710. The van der Waals surface area contributed by atoms with Crippen LogP contribution in [0.5, 0.6) is 0 Å². The highest BCUT2D eigenvalue weighted by Gasteiger charge is 2.12. The first-order valence-corrected chi connectivity index (χ1v) is 5.25. The summed E-state index contributed by atoms with van der Waals surface area (Å²) in [5, 5.41) is 3.31. The molecule has 0 aromatic heterocycles. The van der Waals surface area contributed by atoms with Gasteiger partial charge in [0.25, 0.3) is 0 Å². The summed E-state index contributed by atoms with van der Waals surface area (Å²) in [6.07, 6.45) is 4.19. The standard InChI is InChI=1S/C13H17N/c1-9(2)11-4-5-13-10(3)14-7-6-12(13)8-11/h4-10,14H,1-3H3. The molecule has 0 bridgehead atoms. The zero-order chi connectivity index (χ0) is 10.1. The Morgan fingerprint density at radius 1 is 1.29 bits per heavy atom. The summed E-state index contributed by atoms with van der Waals surface area (Å²) < 4.78 is 0. The van der Waals surface area contributed by atoms with Crippen molar-refractivity contribution in [3.63, 3.8) is 0 Å². The Morgan fingerprint density at radius 2 is 2.07 bits per heavy atom. The van der Waals surface area contributed by atoms with E-state index in [0.717, 1.165) is 0 Å². The molecule has 74 valence electrons. The topological polar surface area (TPSA) is 12.0 Å². The highest BCUT2D eigenvalue weighted by molar-refractivity contribution is 5.58. The van der Waals surface area contributed by atoms with Crippen LogP contribution in [0.15, 0.2) is 24.4 Å². The van der Waals surface area contributed by atoms with Crippen molar-refractivity contribution in [2.45, 2.75) is 32.7 Å². The Bertz CT molecular complexity index is 363. The minimum atomic E-state index is 0.441. The summed E-state index contributed by atoms with van der Waals surface area (Å²) in [6, 6.07) is 7.22. The first kappa shape index (κ1) is 9.32. The van der Waals surface area contributed by atoms with Gasteiger partial charge in [-0.2, -0.15) is 0 Å². The Hall–Kier alpha value is -1.24. The molecule has 2 rings (SSSR count). The Balaban J connectivity index is 2.45. The molecule has 0 radical (unpaired) electrons. The first-order chi connectivity index (χ1) is 6.68. The summed E-state index contributed by atoms with van der Waals surface area (Å²) >= 11 is 0. The van der Waals surface area contributed by atoms with E-state index in [1.165, 1.54) is 16.7 Å². The van der Waals surface area contributed by atoms with Crippen molar-refractivity contribution in [2.75, 3.05) is 0 Å². The van der Waals surface area contributed by atoms with Crippen LogP contribution in [0.3, 0.4) is 0 Å². The molecule has 0 amide bonds. The van der Waals surface area contributed by atoms with Crippen LogP contribution in [-0.2, 0) is 0 Å². The van der Waals surface area contributed by atoms with Crippen molar-refractivity contribution in [1.29, 1.82) is 0 Å². The van der Waals surface area contributed by atoms with E-state index in [2.05, 4.69) is 50.4 Å². The van der Waals surface area contributed by atoms with Crippen molar-refractivity contribution < 1.29 is 0 Å². The van der Waals surface area contributed by atoms with E-state index < -0.39 is 0 Å². The fourth-order valence-corrected chi connectivity index (χ4v) is 1.86.